The topological polar surface area (TPSA) is 70.7 Å². The fraction of sp³-hybridized carbons (Fsp3) is 0.300. The number of amides is 2. The highest BCUT2D eigenvalue weighted by molar-refractivity contribution is 5.93. The number of methoxy groups -OCH3 is 1. The first kappa shape index (κ1) is 19.3. The van der Waals surface area contributed by atoms with Crippen LogP contribution in [0, 0.1) is 0 Å². The Morgan fingerprint density at radius 2 is 1.77 bits per heavy atom. The molecule has 138 valence electrons. The van der Waals surface area contributed by atoms with E-state index in [1.807, 2.05) is 42.5 Å². The Labute approximate surface area is 154 Å². The number of nitrogens with one attached hydrogen (secondary N) is 2. The van der Waals surface area contributed by atoms with E-state index < -0.39 is 0 Å². The van der Waals surface area contributed by atoms with Crippen molar-refractivity contribution in [1.82, 2.24) is 4.90 Å². The normalized spacial score (nSPS) is 10.1. The number of carbonyl (C=O) groups excluding carboxylic acids is 2. The number of carbonyl (C=O) groups is 2. The zero-order chi connectivity index (χ0) is 18.9. The summed E-state index contributed by atoms with van der Waals surface area (Å²) >= 11 is 0. The first-order valence-corrected chi connectivity index (χ1v) is 8.45. The minimum atomic E-state index is -0.147. The van der Waals surface area contributed by atoms with Gasteiger partial charge >= 0.3 is 0 Å². The Morgan fingerprint density at radius 3 is 2.50 bits per heavy atom. The van der Waals surface area contributed by atoms with Crippen molar-refractivity contribution in [2.45, 2.75) is 12.8 Å². The SMILES string of the molecule is COc1cccc(NC(=O)CNc2cccc(CCC(=O)N(C)C)c2)c1. The van der Waals surface area contributed by atoms with Crippen LogP contribution in [0.4, 0.5) is 11.4 Å². The van der Waals surface area contributed by atoms with Crippen molar-refractivity contribution in [2.24, 2.45) is 0 Å². The highest BCUT2D eigenvalue weighted by atomic mass is 16.5. The quantitative estimate of drug-likeness (QED) is 0.764. The molecule has 0 heterocycles. The van der Waals surface area contributed by atoms with Gasteiger partial charge in [0.05, 0.1) is 13.7 Å². The molecule has 2 aromatic carbocycles. The second-order valence-electron chi connectivity index (χ2n) is 6.12. The molecule has 26 heavy (non-hydrogen) atoms. The molecule has 0 unspecified atom stereocenters. The molecule has 0 saturated heterocycles. The molecule has 0 atom stereocenters. The monoisotopic (exact) mass is 355 g/mol. The predicted octanol–water partition coefficient (Wildman–Crippen LogP) is 2.77. The van der Waals surface area contributed by atoms with Gasteiger partial charge in [-0.3, -0.25) is 9.59 Å². The molecule has 0 spiro atoms. The van der Waals surface area contributed by atoms with E-state index in [0.717, 1.165) is 11.3 Å². The zero-order valence-electron chi connectivity index (χ0n) is 15.4. The summed E-state index contributed by atoms with van der Waals surface area (Å²) in [5.41, 5.74) is 2.59. The summed E-state index contributed by atoms with van der Waals surface area (Å²) in [6.07, 6.45) is 1.13. The van der Waals surface area contributed by atoms with Crippen LogP contribution in [0.3, 0.4) is 0 Å². The van der Waals surface area contributed by atoms with E-state index >= 15 is 0 Å². The Kier molecular flexibility index (Phi) is 7.02. The molecule has 6 nitrogen and oxygen atoms in total. The average molecular weight is 355 g/mol. The smallest absolute Gasteiger partial charge is 0.243 e. The third kappa shape index (κ3) is 6.12. The minimum Gasteiger partial charge on any atom is -0.497 e. The third-order valence-corrected chi connectivity index (χ3v) is 3.86. The van der Waals surface area contributed by atoms with Crippen LogP contribution in [0.15, 0.2) is 48.5 Å². The molecule has 0 radical (unpaired) electrons. The molecule has 2 N–H and O–H groups in total. The number of nitrogens with zero attached hydrogens (tertiary/aromatic N) is 1. The van der Waals surface area contributed by atoms with Crippen LogP contribution < -0.4 is 15.4 Å². The van der Waals surface area contributed by atoms with Gasteiger partial charge in [0.25, 0.3) is 0 Å². The molecule has 0 aliphatic heterocycles. The second-order valence-corrected chi connectivity index (χ2v) is 6.12. The number of hydrogen-bond acceptors (Lipinski definition) is 4. The number of ether oxygens (including phenoxy) is 1. The second kappa shape index (κ2) is 9.46. The summed E-state index contributed by atoms with van der Waals surface area (Å²) in [6.45, 7) is 0.150. The van der Waals surface area contributed by atoms with Gasteiger partial charge in [-0.25, -0.2) is 0 Å². The van der Waals surface area contributed by atoms with E-state index in [1.54, 1.807) is 32.2 Å². The Bertz CT molecular complexity index is 759. The summed E-state index contributed by atoms with van der Waals surface area (Å²) in [6, 6.07) is 15.0. The van der Waals surface area contributed by atoms with E-state index in [1.165, 1.54) is 0 Å². The van der Waals surface area contributed by atoms with Gasteiger partial charge in [-0.1, -0.05) is 18.2 Å². The number of hydrogen-bond donors (Lipinski definition) is 2. The van der Waals surface area contributed by atoms with Crippen LogP contribution in [0.1, 0.15) is 12.0 Å². The lowest BCUT2D eigenvalue weighted by atomic mass is 10.1. The van der Waals surface area contributed by atoms with Gasteiger partial charge in [0.15, 0.2) is 0 Å². The van der Waals surface area contributed by atoms with Crippen LogP contribution in [0.2, 0.25) is 0 Å². The molecule has 0 aliphatic rings. The van der Waals surface area contributed by atoms with Gasteiger partial charge < -0.3 is 20.3 Å². The largest absolute Gasteiger partial charge is 0.497 e. The Balaban J connectivity index is 1.85. The van der Waals surface area contributed by atoms with Crippen LogP contribution in [0.25, 0.3) is 0 Å². The van der Waals surface area contributed by atoms with E-state index in [-0.39, 0.29) is 18.4 Å². The molecule has 0 fully saturated rings. The highest BCUT2D eigenvalue weighted by Gasteiger charge is 2.06. The van der Waals surface area contributed by atoms with E-state index in [0.29, 0.717) is 24.3 Å². The maximum absolute atomic E-state index is 12.1. The van der Waals surface area contributed by atoms with Crippen LogP contribution >= 0.6 is 0 Å². The lowest BCUT2D eigenvalue weighted by molar-refractivity contribution is -0.128. The van der Waals surface area contributed by atoms with Crippen molar-refractivity contribution in [3.63, 3.8) is 0 Å². The fourth-order valence-electron chi connectivity index (χ4n) is 2.40. The van der Waals surface area contributed by atoms with Crippen molar-refractivity contribution in [1.29, 1.82) is 0 Å². The highest BCUT2D eigenvalue weighted by Crippen LogP contribution is 2.17. The van der Waals surface area contributed by atoms with E-state index in [4.69, 9.17) is 4.74 Å². The third-order valence-electron chi connectivity index (χ3n) is 3.86. The van der Waals surface area contributed by atoms with Gasteiger partial charge in [0.1, 0.15) is 5.75 Å². The molecular weight excluding hydrogens is 330 g/mol. The van der Waals surface area contributed by atoms with Crippen molar-refractivity contribution in [2.75, 3.05) is 38.4 Å². The van der Waals surface area contributed by atoms with Gasteiger partial charge in [0.2, 0.25) is 11.8 Å². The number of anilines is 2. The van der Waals surface area contributed by atoms with Crippen molar-refractivity contribution < 1.29 is 14.3 Å². The summed E-state index contributed by atoms with van der Waals surface area (Å²) < 4.78 is 5.14. The summed E-state index contributed by atoms with van der Waals surface area (Å²) in [5, 5.41) is 5.93. The number of rotatable bonds is 8. The van der Waals surface area contributed by atoms with Crippen LogP contribution in [-0.4, -0.2) is 44.5 Å². The fourth-order valence-corrected chi connectivity index (χ4v) is 2.40. The van der Waals surface area contributed by atoms with Crippen molar-refractivity contribution in [3.05, 3.63) is 54.1 Å². The lowest BCUT2D eigenvalue weighted by Crippen LogP contribution is -2.22. The van der Waals surface area contributed by atoms with Gasteiger partial charge in [-0.2, -0.15) is 0 Å². The first-order chi connectivity index (χ1) is 12.5. The van der Waals surface area contributed by atoms with Gasteiger partial charge in [-0.15, -0.1) is 0 Å². The number of aryl methyl sites for hydroxylation is 1. The zero-order valence-corrected chi connectivity index (χ0v) is 15.4. The Hall–Kier alpha value is -3.02. The predicted molar refractivity (Wildman–Crippen MR) is 104 cm³/mol. The van der Waals surface area contributed by atoms with Crippen molar-refractivity contribution in [3.8, 4) is 5.75 Å². The standard InChI is InChI=1S/C20H25N3O3/c1-23(2)20(25)11-10-15-6-4-7-16(12-15)21-14-19(24)22-17-8-5-9-18(13-17)26-3/h4-9,12-13,21H,10-11,14H2,1-3H3,(H,22,24). The maximum Gasteiger partial charge on any atom is 0.243 e. The van der Waals surface area contributed by atoms with Crippen LogP contribution in [-0.2, 0) is 16.0 Å². The molecule has 0 aliphatic carbocycles. The minimum absolute atomic E-state index is 0.0982. The molecule has 2 amide bonds. The maximum atomic E-state index is 12.1. The molecule has 0 bridgehead atoms. The Morgan fingerprint density at radius 1 is 1.04 bits per heavy atom. The average Bonchev–Trinajstić information content (AvgIpc) is 2.65. The molecule has 6 heteroatoms. The van der Waals surface area contributed by atoms with Gasteiger partial charge in [-0.05, 0) is 36.2 Å². The summed E-state index contributed by atoms with van der Waals surface area (Å²) in [5.74, 6) is 0.642. The lowest BCUT2D eigenvalue weighted by Gasteiger charge is -2.11. The van der Waals surface area contributed by atoms with Crippen LogP contribution in [0.5, 0.6) is 5.75 Å². The van der Waals surface area contributed by atoms with Crippen molar-refractivity contribution >= 4 is 23.2 Å². The summed E-state index contributed by atoms with van der Waals surface area (Å²) in [7, 11) is 5.09. The number of benzene rings is 2. The molecular formula is C20H25N3O3. The van der Waals surface area contributed by atoms with E-state index in [2.05, 4.69) is 10.6 Å². The molecule has 2 aromatic rings. The summed E-state index contributed by atoms with van der Waals surface area (Å²) in [4.78, 5) is 25.4. The van der Waals surface area contributed by atoms with E-state index in [9.17, 15) is 9.59 Å². The molecule has 0 saturated carbocycles. The van der Waals surface area contributed by atoms with Gasteiger partial charge in [0, 0.05) is 38.0 Å². The molecule has 2 rings (SSSR count). The first-order valence-electron chi connectivity index (χ1n) is 8.45. The molecule has 0 aromatic heterocycles.